The van der Waals surface area contributed by atoms with Crippen LogP contribution >= 0.6 is 0 Å². The summed E-state index contributed by atoms with van der Waals surface area (Å²) >= 11 is 0. The van der Waals surface area contributed by atoms with E-state index >= 15 is 0 Å². The summed E-state index contributed by atoms with van der Waals surface area (Å²) in [5, 5.41) is 20.6. The second-order valence-corrected chi connectivity index (χ2v) is 3.85. The van der Waals surface area contributed by atoms with Crippen LogP contribution in [0.5, 0.6) is 5.75 Å². The van der Waals surface area contributed by atoms with Crippen molar-refractivity contribution in [1.82, 2.24) is 20.2 Å². The van der Waals surface area contributed by atoms with Crippen molar-refractivity contribution in [3.8, 4) is 5.75 Å². The second-order valence-electron chi connectivity index (χ2n) is 3.85. The van der Waals surface area contributed by atoms with E-state index in [1.165, 1.54) is 16.9 Å². The second kappa shape index (κ2) is 5.09. The number of tetrazole rings is 1. The highest BCUT2D eigenvalue weighted by Gasteiger charge is 2.09. The Morgan fingerprint density at radius 3 is 2.83 bits per heavy atom. The van der Waals surface area contributed by atoms with Crippen LogP contribution in [-0.4, -0.2) is 25.3 Å². The van der Waals surface area contributed by atoms with Crippen molar-refractivity contribution >= 4 is 0 Å². The molecule has 0 spiro atoms. The fourth-order valence-corrected chi connectivity index (χ4v) is 1.42. The van der Waals surface area contributed by atoms with Gasteiger partial charge in [0, 0.05) is 0 Å². The van der Waals surface area contributed by atoms with Crippen LogP contribution in [0.1, 0.15) is 24.4 Å². The molecule has 1 unspecified atom stereocenters. The van der Waals surface area contributed by atoms with E-state index in [-0.39, 0.29) is 12.4 Å². The Morgan fingerprint density at radius 2 is 2.28 bits per heavy atom. The molecular weight excluding hydrogens is 239 g/mol. The Morgan fingerprint density at radius 1 is 1.50 bits per heavy atom. The smallest absolute Gasteiger partial charge is 0.212 e. The predicted octanol–water partition coefficient (Wildman–Crippen LogP) is 0.981. The number of aryl methyl sites for hydroxylation is 1. The molecule has 96 valence electrons. The number of hydrogen-bond acceptors (Lipinski definition) is 5. The third-order valence-electron chi connectivity index (χ3n) is 2.34. The maximum atomic E-state index is 13.6. The van der Waals surface area contributed by atoms with E-state index in [1.807, 2.05) is 0 Å². The maximum Gasteiger partial charge on any atom is 0.212 e. The van der Waals surface area contributed by atoms with Crippen molar-refractivity contribution in [3.63, 3.8) is 0 Å². The zero-order valence-corrected chi connectivity index (χ0v) is 10.0. The largest absolute Gasteiger partial charge is 0.482 e. The highest BCUT2D eigenvalue weighted by atomic mass is 19.1. The van der Waals surface area contributed by atoms with Crippen LogP contribution in [0.3, 0.4) is 0 Å². The van der Waals surface area contributed by atoms with E-state index in [2.05, 4.69) is 15.4 Å². The fraction of sp³-hybridized carbons (Fsp3) is 0.364. The molecule has 0 radical (unpaired) electrons. The Balaban J connectivity index is 2.05. The summed E-state index contributed by atoms with van der Waals surface area (Å²) in [6.45, 7) is 1.61. The molecule has 18 heavy (non-hydrogen) atoms. The van der Waals surface area contributed by atoms with Crippen LogP contribution in [0.4, 0.5) is 4.39 Å². The summed E-state index contributed by atoms with van der Waals surface area (Å²) < 4.78 is 18.9. The van der Waals surface area contributed by atoms with Crippen molar-refractivity contribution in [2.75, 3.05) is 0 Å². The first-order chi connectivity index (χ1) is 8.56. The first kappa shape index (κ1) is 12.4. The van der Waals surface area contributed by atoms with Gasteiger partial charge in [-0.05, 0) is 29.8 Å². The number of aliphatic hydroxyl groups is 1. The van der Waals surface area contributed by atoms with Gasteiger partial charge >= 0.3 is 0 Å². The zero-order chi connectivity index (χ0) is 13.1. The first-order valence-corrected chi connectivity index (χ1v) is 5.39. The van der Waals surface area contributed by atoms with Crippen molar-refractivity contribution in [2.24, 2.45) is 7.05 Å². The summed E-state index contributed by atoms with van der Waals surface area (Å²) in [5.41, 5.74) is 0.498. The average molecular weight is 252 g/mol. The lowest BCUT2D eigenvalue weighted by Crippen LogP contribution is -2.01. The van der Waals surface area contributed by atoms with Crippen molar-refractivity contribution in [1.29, 1.82) is 0 Å². The summed E-state index contributed by atoms with van der Waals surface area (Å²) in [6, 6.07) is 4.31. The number of hydrogen-bond donors (Lipinski definition) is 1. The molecule has 2 aromatic rings. The summed E-state index contributed by atoms with van der Waals surface area (Å²) in [5.74, 6) is -0.0688. The van der Waals surface area contributed by atoms with Gasteiger partial charge in [-0.25, -0.2) is 4.39 Å². The zero-order valence-electron chi connectivity index (χ0n) is 10.0. The van der Waals surface area contributed by atoms with Crippen LogP contribution in [0.15, 0.2) is 18.2 Å². The number of ether oxygens (including phenoxy) is 1. The van der Waals surface area contributed by atoms with Gasteiger partial charge in [0.25, 0.3) is 0 Å². The van der Waals surface area contributed by atoms with Gasteiger partial charge in [-0.3, -0.25) is 0 Å². The third-order valence-corrected chi connectivity index (χ3v) is 2.34. The van der Waals surface area contributed by atoms with Gasteiger partial charge in [-0.1, -0.05) is 6.07 Å². The van der Waals surface area contributed by atoms with Crippen LogP contribution in [-0.2, 0) is 13.7 Å². The Bertz CT molecular complexity index is 542. The minimum absolute atomic E-state index is 0.0405. The van der Waals surface area contributed by atoms with Crippen LogP contribution < -0.4 is 4.74 Å². The first-order valence-electron chi connectivity index (χ1n) is 5.39. The lowest BCUT2D eigenvalue weighted by atomic mass is 10.1. The number of benzene rings is 1. The lowest BCUT2D eigenvalue weighted by molar-refractivity contribution is 0.198. The molecule has 1 atom stereocenters. The highest BCUT2D eigenvalue weighted by Crippen LogP contribution is 2.22. The van der Waals surface area contributed by atoms with E-state index in [1.54, 1.807) is 20.0 Å². The standard InChI is InChI=1S/C11H13FN4O2/c1-7(17)8-3-4-10(9(12)5-8)18-6-11-13-15-16(2)14-11/h3-5,7,17H,6H2,1-2H3. The number of rotatable bonds is 4. The predicted molar refractivity (Wildman–Crippen MR) is 60.2 cm³/mol. The van der Waals surface area contributed by atoms with Crippen molar-refractivity contribution in [2.45, 2.75) is 19.6 Å². The molecule has 1 aromatic carbocycles. The van der Waals surface area contributed by atoms with Crippen molar-refractivity contribution in [3.05, 3.63) is 35.4 Å². The van der Waals surface area contributed by atoms with E-state index in [0.717, 1.165) is 0 Å². The number of aliphatic hydroxyl groups excluding tert-OH is 1. The molecule has 0 fully saturated rings. The third kappa shape index (κ3) is 2.80. The minimum atomic E-state index is -0.713. The molecule has 1 aromatic heterocycles. The Hall–Kier alpha value is -2.02. The molecule has 7 heteroatoms. The molecule has 0 saturated carbocycles. The maximum absolute atomic E-state index is 13.6. The Labute approximate surface area is 103 Å². The van der Waals surface area contributed by atoms with Gasteiger partial charge in [0.1, 0.15) is 0 Å². The average Bonchev–Trinajstić information content (AvgIpc) is 2.73. The molecule has 2 rings (SSSR count). The molecule has 0 amide bonds. The molecule has 0 aliphatic heterocycles. The Kier molecular flexibility index (Phi) is 3.52. The molecule has 6 nitrogen and oxygen atoms in total. The van der Waals surface area contributed by atoms with Gasteiger partial charge in [-0.15, -0.1) is 10.2 Å². The molecule has 0 saturated heterocycles. The molecule has 0 aliphatic carbocycles. The molecule has 0 aliphatic rings. The van der Waals surface area contributed by atoms with Gasteiger partial charge < -0.3 is 9.84 Å². The van der Waals surface area contributed by atoms with Crippen molar-refractivity contribution < 1.29 is 14.2 Å². The minimum Gasteiger partial charge on any atom is -0.482 e. The monoisotopic (exact) mass is 252 g/mol. The van der Waals surface area contributed by atoms with Gasteiger partial charge in [0.15, 0.2) is 18.2 Å². The SMILES string of the molecule is CC(O)c1ccc(OCc2nnn(C)n2)c(F)c1. The number of aromatic nitrogens is 4. The topological polar surface area (TPSA) is 73.1 Å². The summed E-state index contributed by atoms with van der Waals surface area (Å²) in [7, 11) is 1.63. The molecule has 1 N–H and O–H groups in total. The van der Waals surface area contributed by atoms with Gasteiger partial charge in [0.2, 0.25) is 5.82 Å². The summed E-state index contributed by atoms with van der Waals surface area (Å²) in [6.07, 6.45) is -0.713. The highest BCUT2D eigenvalue weighted by molar-refractivity contribution is 5.30. The molecular formula is C11H13FN4O2. The van der Waals surface area contributed by atoms with E-state index < -0.39 is 11.9 Å². The number of nitrogens with zero attached hydrogens (tertiary/aromatic N) is 4. The summed E-state index contributed by atoms with van der Waals surface area (Å²) in [4.78, 5) is 1.30. The normalized spacial score (nSPS) is 12.4. The van der Waals surface area contributed by atoms with Crippen LogP contribution in [0, 0.1) is 5.82 Å². The lowest BCUT2D eigenvalue weighted by Gasteiger charge is -2.08. The van der Waals surface area contributed by atoms with E-state index in [9.17, 15) is 9.50 Å². The number of halogens is 1. The molecule has 1 heterocycles. The van der Waals surface area contributed by atoms with Gasteiger partial charge in [0.05, 0.1) is 13.2 Å². The quantitative estimate of drug-likeness (QED) is 0.878. The van der Waals surface area contributed by atoms with Crippen LogP contribution in [0.2, 0.25) is 0 Å². The van der Waals surface area contributed by atoms with Gasteiger partial charge in [-0.2, -0.15) is 4.80 Å². The fourth-order valence-electron chi connectivity index (χ4n) is 1.42. The molecule has 0 bridgehead atoms. The van der Waals surface area contributed by atoms with Crippen LogP contribution in [0.25, 0.3) is 0 Å². The van der Waals surface area contributed by atoms with E-state index in [0.29, 0.717) is 11.4 Å². The van der Waals surface area contributed by atoms with E-state index in [4.69, 9.17) is 4.74 Å².